The van der Waals surface area contributed by atoms with Gasteiger partial charge >= 0.3 is 0 Å². The summed E-state index contributed by atoms with van der Waals surface area (Å²) in [7, 11) is 3.10. The van der Waals surface area contributed by atoms with Crippen LogP contribution in [0, 0.1) is 5.92 Å². The van der Waals surface area contributed by atoms with Gasteiger partial charge in [-0.05, 0) is 12.3 Å². The molecule has 0 aliphatic rings. The van der Waals surface area contributed by atoms with Gasteiger partial charge < -0.3 is 20.3 Å². The molecule has 0 spiro atoms. The van der Waals surface area contributed by atoms with Crippen LogP contribution in [0.1, 0.15) is 31.9 Å². The maximum atomic E-state index is 9.98. The van der Waals surface area contributed by atoms with E-state index in [1.807, 2.05) is 0 Å². The molecule has 0 heterocycles. The first kappa shape index (κ1) is 16.9. The third-order valence-corrected chi connectivity index (χ3v) is 2.65. The van der Waals surface area contributed by atoms with E-state index in [0.717, 1.165) is 6.42 Å². The predicted molar refractivity (Wildman–Crippen MR) is 74.8 cm³/mol. The van der Waals surface area contributed by atoms with Crippen LogP contribution in [0.5, 0.6) is 17.2 Å². The maximum absolute atomic E-state index is 9.98. The van der Waals surface area contributed by atoms with Crippen LogP contribution >= 0.6 is 12.4 Å². The first-order valence-electron chi connectivity index (χ1n) is 5.70. The molecule has 18 heavy (non-hydrogen) atoms. The fourth-order valence-electron chi connectivity index (χ4n) is 1.87. The Morgan fingerprint density at radius 2 is 1.83 bits per heavy atom. The fourth-order valence-corrected chi connectivity index (χ4v) is 1.87. The molecular formula is C13H22ClNO3. The zero-order valence-electron chi connectivity index (χ0n) is 11.3. The number of halogens is 1. The number of aromatic hydroxyl groups is 1. The Kier molecular flexibility index (Phi) is 6.88. The molecule has 0 aromatic heterocycles. The van der Waals surface area contributed by atoms with Crippen LogP contribution in [-0.4, -0.2) is 19.3 Å². The Balaban J connectivity index is 0.00000289. The number of methoxy groups -OCH3 is 2. The van der Waals surface area contributed by atoms with Crippen molar-refractivity contribution < 1.29 is 14.6 Å². The highest BCUT2D eigenvalue weighted by atomic mass is 35.5. The highest BCUT2D eigenvalue weighted by Gasteiger charge is 2.19. The van der Waals surface area contributed by atoms with Gasteiger partial charge in [-0.2, -0.15) is 0 Å². The lowest BCUT2D eigenvalue weighted by molar-refractivity contribution is 0.369. The Bertz CT molecular complexity index is 383. The van der Waals surface area contributed by atoms with Crippen LogP contribution in [0.4, 0.5) is 0 Å². The number of ether oxygens (including phenoxy) is 2. The lowest BCUT2D eigenvalue weighted by Crippen LogP contribution is -2.14. The topological polar surface area (TPSA) is 64.7 Å². The van der Waals surface area contributed by atoms with E-state index in [1.165, 1.54) is 0 Å². The Labute approximate surface area is 115 Å². The largest absolute Gasteiger partial charge is 0.507 e. The van der Waals surface area contributed by atoms with E-state index in [9.17, 15) is 5.11 Å². The van der Waals surface area contributed by atoms with Crippen molar-refractivity contribution in [2.24, 2.45) is 11.7 Å². The van der Waals surface area contributed by atoms with Gasteiger partial charge in [0.25, 0.3) is 0 Å². The normalized spacial score (nSPS) is 11.9. The van der Waals surface area contributed by atoms with E-state index in [2.05, 4.69) is 13.8 Å². The van der Waals surface area contributed by atoms with Crippen LogP contribution < -0.4 is 15.2 Å². The maximum Gasteiger partial charge on any atom is 0.131 e. The smallest absolute Gasteiger partial charge is 0.131 e. The summed E-state index contributed by atoms with van der Waals surface area (Å²) in [6.45, 7) is 4.18. The molecule has 0 unspecified atom stereocenters. The number of nitrogens with two attached hydrogens (primary N) is 1. The van der Waals surface area contributed by atoms with Crippen molar-refractivity contribution >= 4 is 12.4 Å². The standard InChI is InChI=1S/C13H21NO3.ClH/c1-8(2)5-10(14)13-11(15)6-9(16-3)7-12(13)17-4;/h6-8,10,15H,5,14H2,1-4H3;1H/t10-;/m1./s1. The van der Waals surface area contributed by atoms with Crippen LogP contribution in [0.15, 0.2) is 12.1 Å². The van der Waals surface area contributed by atoms with Crippen molar-refractivity contribution in [3.05, 3.63) is 17.7 Å². The van der Waals surface area contributed by atoms with Crippen molar-refractivity contribution in [2.75, 3.05) is 14.2 Å². The summed E-state index contributed by atoms with van der Waals surface area (Å²) >= 11 is 0. The minimum absolute atomic E-state index is 0. The van der Waals surface area contributed by atoms with E-state index in [1.54, 1.807) is 26.4 Å². The quantitative estimate of drug-likeness (QED) is 0.867. The van der Waals surface area contributed by atoms with Gasteiger partial charge in [-0.3, -0.25) is 0 Å². The van der Waals surface area contributed by atoms with Gasteiger partial charge in [-0.1, -0.05) is 13.8 Å². The van der Waals surface area contributed by atoms with Crippen molar-refractivity contribution in [2.45, 2.75) is 26.3 Å². The molecule has 0 saturated heterocycles. The average molecular weight is 276 g/mol. The minimum Gasteiger partial charge on any atom is -0.507 e. The summed E-state index contributed by atoms with van der Waals surface area (Å²) < 4.78 is 10.3. The summed E-state index contributed by atoms with van der Waals surface area (Å²) in [4.78, 5) is 0. The lowest BCUT2D eigenvalue weighted by atomic mass is 9.96. The molecule has 0 radical (unpaired) electrons. The van der Waals surface area contributed by atoms with Gasteiger partial charge in [0.15, 0.2) is 0 Å². The molecule has 5 heteroatoms. The third kappa shape index (κ3) is 3.96. The first-order valence-corrected chi connectivity index (χ1v) is 5.70. The Morgan fingerprint density at radius 3 is 2.28 bits per heavy atom. The number of benzene rings is 1. The highest BCUT2D eigenvalue weighted by Crippen LogP contribution is 2.38. The second-order valence-corrected chi connectivity index (χ2v) is 4.50. The average Bonchev–Trinajstić information content (AvgIpc) is 2.26. The molecule has 0 aliphatic heterocycles. The molecule has 1 atom stereocenters. The van der Waals surface area contributed by atoms with Crippen molar-refractivity contribution in [1.82, 2.24) is 0 Å². The molecule has 1 aromatic rings. The summed E-state index contributed by atoms with van der Waals surface area (Å²) in [5, 5.41) is 9.98. The van der Waals surface area contributed by atoms with Crippen LogP contribution in [0.3, 0.4) is 0 Å². The molecule has 0 amide bonds. The fraction of sp³-hybridized carbons (Fsp3) is 0.538. The molecule has 0 aliphatic carbocycles. The molecule has 104 valence electrons. The van der Waals surface area contributed by atoms with Gasteiger partial charge in [0.05, 0.1) is 19.8 Å². The third-order valence-electron chi connectivity index (χ3n) is 2.65. The van der Waals surface area contributed by atoms with E-state index in [0.29, 0.717) is 23.0 Å². The van der Waals surface area contributed by atoms with Gasteiger partial charge in [-0.25, -0.2) is 0 Å². The van der Waals surface area contributed by atoms with Crippen molar-refractivity contribution in [3.8, 4) is 17.2 Å². The molecule has 3 N–H and O–H groups in total. The van der Waals surface area contributed by atoms with Crippen LogP contribution in [0.25, 0.3) is 0 Å². The zero-order chi connectivity index (χ0) is 13.0. The highest BCUT2D eigenvalue weighted by molar-refractivity contribution is 5.85. The number of rotatable bonds is 5. The SMILES string of the molecule is COc1cc(O)c([C@H](N)CC(C)C)c(OC)c1.Cl. The molecule has 1 aromatic carbocycles. The summed E-state index contributed by atoms with van der Waals surface area (Å²) in [6.07, 6.45) is 0.788. The number of phenolic OH excluding ortho intramolecular Hbond substituents is 1. The second-order valence-electron chi connectivity index (χ2n) is 4.50. The molecule has 1 rings (SSSR count). The molecule has 0 saturated carbocycles. The first-order chi connectivity index (χ1) is 7.99. The molecule has 0 bridgehead atoms. The monoisotopic (exact) mass is 275 g/mol. The van der Waals surface area contributed by atoms with Gasteiger partial charge in [0.2, 0.25) is 0 Å². The number of hydrogen-bond acceptors (Lipinski definition) is 4. The molecule has 0 fully saturated rings. The van der Waals surface area contributed by atoms with Gasteiger partial charge in [0.1, 0.15) is 17.2 Å². The van der Waals surface area contributed by atoms with E-state index in [4.69, 9.17) is 15.2 Å². The number of phenols is 1. The summed E-state index contributed by atoms with van der Waals surface area (Å²) in [5.74, 6) is 1.69. The lowest BCUT2D eigenvalue weighted by Gasteiger charge is -2.19. The van der Waals surface area contributed by atoms with Crippen molar-refractivity contribution in [1.29, 1.82) is 0 Å². The zero-order valence-corrected chi connectivity index (χ0v) is 12.1. The van der Waals surface area contributed by atoms with Gasteiger partial charge in [-0.15, -0.1) is 12.4 Å². The van der Waals surface area contributed by atoms with E-state index in [-0.39, 0.29) is 24.2 Å². The molecular weight excluding hydrogens is 254 g/mol. The van der Waals surface area contributed by atoms with Gasteiger partial charge in [0, 0.05) is 18.2 Å². The Morgan fingerprint density at radius 1 is 1.22 bits per heavy atom. The molecule has 4 nitrogen and oxygen atoms in total. The Hall–Kier alpha value is -1.13. The predicted octanol–water partition coefficient (Wildman–Crippen LogP) is 2.88. The second kappa shape index (κ2) is 7.34. The summed E-state index contributed by atoms with van der Waals surface area (Å²) in [5.41, 5.74) is 6.72. The minimum atomic E-state index is -0.240. The van der Waals surface area contributed by atoms with Crippen molar-refractivity contribution in [3.63, 3.8) is 0 Å². The van der Waals surface area contributed by atoms with Crippen LogP contribution in [-0.2, 0) is 0 Å². The van der Waals surface area contributed by atoms with E-state index < -0.39 is 0 Å². The van der Waals surface area contributed by atoms with Crippen LogP contribution in [0.2, 0.25) is 0 Å². The summed E-state index contributed by atoms with van der Waals surface area (Å²) in [6, 6.07) is 3.05. The van der Waals surface area contributed by atoms with E-state index >= 15 is 0 Å². The number of hydrogen-bond donors (Lipinski definition) is 2.